The first-order chi connectivity index (χ1) is 19.8. The Morgan fingerprint density at radius 2 is 0.780 bits per heavy atom. The molecule has 0 atom stereocenters. The van der Waals surface area contributed by atoms with Gasteiger partial charge < -0.3 is 0 Å². The zero-order valence-electron chi connectivity index (χ0n) is 23.3. The highest BCUT2D eigenvalue weighted by Crippen LogP contribution is 2.31. The molecule has 0 amide bonds. The van der Waals surface area contributed by atoms with E-state index < -0.39 is 0 Å². The Morgan fingerprint density at radius 1 is 0.366 bits per heavy atom. The van der Waals surface area contributed by atoms with Crippen molar-refractivity contribution in [2.24, 2.45) is 0 Å². The maximum Gasteiger partial charge on any atom is 0.163 e. The Bertz CT molecular complexity index is 1860. The summed E-state index contributed by atoms with van der Waals surface area (Å²) in [7, 11) is 0. The fourth-order valence-electron chi connectivity index (χ4n) is 4.59. The van der Waals surface area contributed by atoms with Crippen molar-refractivity contribution in [3.05, 3.63) is 96.0 Å². The lowest BCUT2D eigenvalue weighted by molar-refractivity contribution is 0.928. The summed E-state index contributed by atoms with van der Waals surface area (Å²) in [6, 6.07) is 19.7. The van der Waals surface area contributed by atoms with Crippen molar-refractivity contribution in [3.8, 4) is 56.8 Å². The van der Waals surface area contributed by atoms with Crippen LogP contribution in [0.4, 0.5) is 0 Å². The van der Waals surface area contributed by atoms with E-state index in [1.165, 1.54) is 0 Å². The largest absolute Gasteiger partial charge is 0.256 e. The molecule has 0 unspecified atom stereocenters. The molecule has 6 rings (SSSR count). The van der Waals surface area contributed by atoms with Crippen molar-refractivity contribution in [1.29, 1.82) is 0 Å². The van der Waals surface area contributed by atoms with Crippen molar-refractivity contribution in [1.82, 2.24) is 49.8 Å². The average Bonchev–Trinajstić information content (AvgIpc) is 2.96. The number of pyridine rings is 1. The maximum atomic E-state index is 4.90. The van der Waals surface area contributed by atoms with Crippen molar-refractivity contribution < 1.29 is 0 Å². The smallest absolute Gasteiger partial charge is 0.163 e. The molecule has 10 nitrogen and oxygen atoms in total. The van der Waals surface area contributed by atoms with Crippen molar-refractivity contribution in [2.45, 2.75) is 34.6 Å². The molecular formula is C31H26N10. The molecule has 6 aromatic rings. The summed E-state index contributed by atoms with van der Waals surface area (Å²) in [6.45, 7) is 9.29. The third-order valence-electron chi connectivity index (χ3n) is 6.25. The number of benzene rings is 2. The SMILES string of the molecule is Cc1nc(C)nc(-c2cccc(-c3nc(C)nc(-c4cc(-c5ccccn5)cc(-c5nc(C)nc(C)n5)c4)n3)c2)n1. The van der Waals surface area contributed by atoms with Gasteiger partial charge >= 0.3 is 0 Å². The first-order valence-corrected chi connectivity index (χ1v) is 13.1. The highest BCUT2D eigenvalue weighted by Gasteiger charge is 2.15. The van der Waals surface area contributed by atoms with Gasteiger partial charge in [0.15, 0.2) is 23.3 Å². The number of hydrogen-bond donors (Lipinski definition) is 0. The van der Waals surface area contributed by atoms with E-state index in [1.54, 1.807) is 6.20 Å². The fraction of sp³-hybridized carbons (Fsp3) is 0.161. The van der Waals surface area contributed by atoms with E-state index in [1.807, 2.05) is 95.3 Å². The van der Waals surface area contributed by atoms with Crippen LogP contribution in [0.25, 0.3) is 56.8 Å². The molecule has 0 bridgehead atoms. The van der Waals surface area contributed by atoms with Gasteiger partial charge in [-0.2, -0.15) is 0 Å². The summed E-state index contributed by atoms with van der Waals surface area (Å²) in [4.78, 5) is 45.7. The van der Waals surface area contributed by atoms with E-state index in [0.717, 1.165) is 33.5 Å². The van der Waals surface area contributed by atoms with E-state index in [2.05, 4.69) is 39.9 Å². The maximum absolute atomic E-state index is 4.90. The van der Waals surface area contributed by atoms with E-state index >= 15 is 0 Å². The lowest BCUT2D eigenvalue weighted by Crippen LogP contribution is -2.02. The second kappa shape index (κ2) is 10.6. The minimum Gasteiger partial charge on any atom is -0.256 e. The zero-order valence-corrected chi connectivity index (χ0v) is 23.3. The third-order valence-corrected chi connectivity index (χ3v) is 6.25. The molecule has 41 heavy (non-hydrogen) atoms. The predicted molar refractivity (Wildman–Crippen MR) is 155 cm³/mol. The van der Waals surface area contributed by atoms with Crippen LogP contribution in [0, 0.1) is 34.6 Å². The summed E-state index contributed by atoms with van der Waals surface area (Å²) in [6.07, 6.45) is 1.77. The molecule has 0 radical (unpaired) electrons. The van der Waals surface area contributed by atoms with Crippen LogP contribution in [0.5, 0.6) is 0 Å². The third kappa shape index (κ3) is 5.67. The minimum absolute atomic E-state index is 0.534. The van der Waals surface area contributed by atoms with Crippen molar-refractivity contribution >= 4 is 0 Å². The van der Waals surface area contributed by atoms with Gasteiger partial charge in [-0.1, -0.05) is 24.3 Å². The van der Waals surface area contributed by atoms with E-state index in [9.17, 15) is 0 Å². The summed E-state index contributed by atoms with van der Waals surface area (Å²) in [5.41, 5.74) is 5.02. The minimum atomic E-state index is 0.534. The first kappa shape index (κ1) is 25.9. The Hall–Kier alpha value is -5.38. The Balaban J connectivity index is 1.49. The van der Waals surface area contributed by atoms with Crippen LogP contribution < -0.4 is 0 Å². The van der Waals surface area contributed by atoms with E-state index in [4.69, 9.17) is 9.97 Å². The molecule has 0 aliphatic carbocycles. The van der Waals surface area contributed by atoms with Crippen LogP contribution in [-0.2, 0) is 0 Å². The molecule has 0 saturated carbocycles. The number of rotatable bonds is 5. The van der Waals surface area contributed by atoms with Gasteiger partial charge in [0.25, 0.3) is 0 Å². The second-order valence-electron chi connectivity index (χ2n) is 9.63. The summed E-state index contributed by atoms with van der Waals surface area (Å²) in [5.74, 6) is 5.51. The van der Waals surface area contributed by atoms with Gasteiger partial charge in [-0.15, -0.1) is 0 Å². The van der Waals surface area contributed by atoms with Gasteiger partial charge in [-0.05, 0) is 71.0 Å². The van der Waals surface area contributed by atoms with Crippen molar-refractivity contribution in [2.75, 3.05) is 0 Å². The Kier molecular flexibility index (Phi) is 6.72. The van der Waals surface area contributed by atoms with Crippen LogP contribution >= 0.6 is 0 Å². The Morgan fingerprint density at radius 3 is 1.29 bits per heavy atom. The average molecular weight is 539 g/mol. The van der Waals surface area contributed by atoms with Crippen LogP contribution in [0.2, 0.25) is 0 Å². The van der Waals surface area contributed by atoms with E-state index in [-0.39, 0.29) is 0 Å². The lowest BCUT2D eigenvalue weighted by Gasteiger charge is -2.11. The van der Waals surface area contributed by atoms with Crippen LogP contribution in [0.15, 0.2) is 66.9 Å². The Labute approximate surface area is 237 Å². The molecule has 4 aromatic heterocycles. The standard InChI is InChI=1S/C31H26N10/c1-17-33-18(2)36-28(35-17)22-9-8-10-23(13-22)29-39-21(5)40-31(41-29)26-15-24(27-11-6-7-12-32-27)14-25(16-26)30-37-19(3)34-20(4)38-30/h6-16H,1-5H3. The van der Waals surface area contributed by atoms with Crippen molar-refractivity contribution in [3.63, 3.8) is 0 Å². The molecule has 0 N–H and O–H groups in total. The topological polar surface area (TPSA) is 129 Å². The number of aromatic nitrogens is 10. The molecule has 0 saturated heterocycles. The highest BCUT2D eigenvalue weighted by atomic mass is 15.0. The fourth-order valence-corrected chi connectivity index (χ4v) is 4.59. The molecule has 10 heteroatoms. The predicted octanol–water partition coefficient (Wildman–Crippen LogP) is 5.51. The number of nitrogens with zero attached hydrogens (tertiary/aromatic N) is 10. The lowest BCUT2D eigenvalue weighted by atomic mass is 10.0. The second-order valence-corrected chi connectivity index (χ2v) is 9.63. The normalized spacial score (nSPS) is 11.0. The summed E-state index contributed by atoms with van der Waals surface area (Å²) in [5, 5.41) is 0. The van der Waals surface area contributed by atoms with Crippen LogP contribution in [-0.4, -0.2) is 49.8 Å². The molecule has 200 valence electrons. The first-order valence-electron chi connectivity index (χ1n) is 13.1. The molecule has 4 heterocycles. The summed E-state index contributed by atoms with van der Waals surface area (Å²) >= 11 is 0. The van der Waals surface area contributed by atoms with Crippen LogP contribution in [0.3, 0.4) is 0 Å². The number of aryl methyl sites for hydroxylation is 5. The quantitative estimate of drug-likeness (QED) is 0.277. The van der Waals surface area contributed by atoms with Gasteiger partial charge in [0.1, 0.15) is 29.1 Å². The van der Waals surface area contributed by atoms with Gasteiger partial charge in [0.05, 0.1) is 5.69 Å². The zero-order chi connectivity index (χ0) is 28.5. The van der Waals surface area contributed by atoms with Gasteiger partial charge in [0.2, 0.25) is 0 Å². The van der Waals surface area contributed by atoms with Gasteiger partial charge in [0, 0.05) is 34.0 Å². The molecule has 0 fully saturated rings. The monoisotopic (exact) mass is 538 g/mol. The molecule has 0 spiro atoms. The highest BCUT2D eigenvalue weighted by molar-refractivity contribution is 5.77. The van der Waals surface area contributed by atoms with E-state index in [0.29, 0.717) is 52.4 Å². The van der Waals surface area contributed by atoms with Crippen LogP contribution in [0.1, 0.15) is 29.1 Å². The van der Waals surface area contributed by atoms with Gasteiger partial charge in [-0.25, -0.2) is 44.9 Å². The molecule has 0 aliphatic heterocycles. The summed E-state index contributed by atoms with van der Waals surface area (Å²) < 4.78 is 0. The molecular weight excluding hydrogens is 512 g/mol. The van der Waals surface area contributed by atoms with Gasteiger partial charge in [-0.3, -0.25) is 4.98 Å². The molecule has 2 aromatic carbocycles. The molecule has 0 aliphatic rings. The number of hydrogen-bond acceptors (Lipinski definition) is 10.